The highest BCUT2D eigenvalue weighted by Crippen LogP contribution is 2.44. The number of anilines is 1. The van der Waals surface area contributed by atoms with E-state index in [0.29, 0.717) is 50.0 Å². The fourth-order valence-electron chi connectivity index (χ4n) is 5.25. The molecule has 1 saturated carbocycles. The van der Waals surface area contributed by atoms with E-state index in [-0.39, 0.29) is 11.4 Å². The van der Waals surface area contributed by atoms with E-state index in [0.717, 1.165) is 22.8 Å². The van der Waals surface area contributed by atoms with Crippen LogP contribution in [-0.4, -0.2) is 63.5 Å². The van der Waals surface area contributed by atoms with Gasteiger partial charge in [0.25, 0.3) is 5.56 Å². The van der Waals surface area contributed by atoms with E-state index in [1.54, 1.807) is 30.6 Å². The Balaban J connectivity index is 1.35. The summed E-state index contributed by atoms with van der Waals surface area (Å²) in [7, 11) is 0. The molecule has 1 saturated heterocycles. The number of aryl methyl sites for hydroxylation is 1. The van der Waals surface area contributed by atoms with E-state index >= 15 is 0 Å². The summed E-state index contributed by atoms with van der Waals surface area (Å²) in [6.07, 6.45) is 0.944. The number of amides is 1. The van der Waals surface area contributed by atoms with Crippen LogP contribution in [0.4, 0.5) is 18.9 Å². The maximum atomic E-state index is 13.5. The molecular weight excluding hydrogens is 539 g/mol. The van der Waals surface area contributed by atoms with Gasteiger partial charge >= 0.3 is 6.36 Å². The van der Waals surface area contributed by atoms with Crippen molar-refractivity contribution in [3.05, 3.63) is 77.1 Å². The summed E-state index contributed by atoms with van der Waals surface area (Å²) in [5, 5.41) is 2.97. The third-order valence-corrected chi connectivity index (χ3v) is 7.59. The Morgan fingerprint density at radius 3 is 2.59 bits per heavy atom. The molecule has 0 radical (unpaired) electrons. The number of alkyl halides is 3. The number of benzene rings is 2. The summed E-state index contributed by atoms with van der Waals surface area (Å²) in [4.78, 5) is 37.4. The lowest BCUT2D eigenvalue weighted by Gasteiger charge is -2.34. The zero-order chi connectivity index (χ0) is 28.8. The van der Waals surface area contributed by atoms with Crippen LogP contribution in [0.25, 0.3) is 27.7 Å². The highest BCUT2D eigenvalue weighted by molar-refractivity contribution is 6.01. The van der Waals surface area contributed by atoms with Crippen molar-refractivity contribution in [3.63, 3.8) is 0 Å². The van der Waals surface area contributed by atoms with Gasteiger partial charge in [-0.3, -0.25) is 24.0 Å². The molecule has 0 atom stereocenters. The van der Waals surface area contributed by atoms with Gasteiger partial charge in [-0.25, -0.2) is 4.98 Å². The second kappa shape index (κ2) is 10.3. The smallest absolute Gasteiger partial charge is 0.404 e. The summed E-state index contributed by atoms with van der Waals surface area (Å²) >= 11 is 0. The van der Waals surface area contributed by atoms with Crippen LogP contribution >= 0.6 is 0 Å². The molecule has 0 unspecified atom stereocenters. The summed E-state index contributed by atoms with van der Waals surface area (Å²) in [5.41, 5.74) is 2.03. The van der Waals surface area contributed by atoms with Gasteiger partial charge in [-0.05, 0) is 67.3 Å². The maximum Gasteiger partial charge on any atom is 0.573 e. The second-order valence-corrected chi connectivity index (χ2v) is 10.2. The normalized spacial score (nSPS) is 16.9. The first-order valence-electron chi connectivity index (χ1n) is 13.1. The van der Waals surface area contributed by atoms with Crippen molar-refractivity contribution in [2.45, 2.75) is 31.7 Å². The standard InChI is InChI=1S/C29H26F3N5O4/c1-18-6-9-33-16-22(18)19-2-4-21-23(14-19)34-17-37(26(21)38)20-3-5-25(41-29(30,31)32)24(15-20)35-27(39)28(7-8-28)36-10-12-40-13-11-36/h2-6,9,14-17H,7-8,10-13H2,1H3,(H,35,39). The van der Waals surface area contributed by atoms with Crippen LogP contribution in [0.15, 0.2) is 66.0 Å². The monoisotopic (exact) mass is 565 g/mol. The largest absolute Gasteiger partial charge is 0.573 e. The van der Waals surface area contributed by atoms with Crippen molar-refractivity contribution in [2.75, 3.05) is 31.6 Å². The van der Waals surface area contributed by atoms with Gasteiger partial charge in [0.05, 0.1) is 35.5 Å². The fraction of sp³-hybridized carbons (Fsp3) is 0.310. The van der Waals surface area contributed by atoms with Gasteiger partial charge in [0, 0.05) is 31.0 Å². The minimum Gasteiger partial charge on any atom is -0.404 e. The van der Waals surface area contributed by atoms with Crippen LogP contribution in [0, 0.1) is 6.92 Å². The number of carbonyl (C=O) groups is 1. The number of pyridine rings is 1. The number of hydrogen-bond acceptors (Lipinski definition) is 7. The molecule has 9 nitrogen and oxygen atoms in total. The second-order valence-electron chi connectivity index (χ2n) is 10.2. The van der Waals surface area contributed by atoms with E-state index in [1.165, 1.54) is 23.0 Å². The van der Waals surface area contributed by atoms with Crippen molar-refractivity contribution in [1.29, 1.82) is 0 Å². The molecule has 212 valence electrons. The first-order valence-corrected chi connectivity index (χ1v) is 13.1. The fourth-order valence-corrected chi connectivity index (χ4v) is 5.25. The summed E-state index contributed by atoms with van der Waals surface area (Å²) in [6.45, 7) is 4.03. The molecule has 2 aromatic carbocycles. The van der Waals surface area contributed by atoms with Crippen LogP contribution in [0.3, 0.4) is 0 Å². The van der Waals surface area contributed by atoms with Crippen molar-refractivity contribution in [3.8, 4) is 22.6 Å². The first-order chi connectivity index (χ1) is 19.6. The summed E-state index contributed by atoms with van der Waals surface area (Å²) in [6, 6.07) is 10.8. The lowest BCUT2D eigenvalue weighted by Crippen LogP contribution is -2.51. The van der Waals surface area contributed by atoms with Crippen molar-refractivity contribution < 1.29 is 27.4 Å². The van der Waals surface area contributed by atoms with Gasteiger partial charge in [0.2, 0.25) is 5.91 Å². The molecule has 2 aliphatic rings. The number of aromatic nitrogens is 3. The average Bonchev–Trinajstić information content (AvgIpc) is 3.77. The van der Waals surface area contributed by atoms with Crippen LogP contribution < -0.4 is 15.6 Å². The molecule has 0 bridgehead atoms. The molecule has 1 aliphatic heterocycles. The van der Waals surface area contributed by atoms with E-state index in [9.17, 15) is 22.8 Å². The predicted octanol–water partition coefficient (Wildman–Crippen LogP) is 4.46. The van der Waals surface area contributed by atoms with E-state index in [1.807, 2.05) is 17.9 Å². The topological polar surface area (TPSA) is 98.6 Å². The lowest BCUT2D eigenvalue weighted by atomic mass is 10.0. The summed E-state index contributed by atoms with van der Waals surface area (Å²) in [5.74, 6) is -1.00. The first kappa shape index (κ1) is 26.9. The van der Waals surface area contributed by atoms with E-state index in [2.05, 4.69) is 20.0 Å². The molecule has 6 rings (SSSR count). The van der Waals surface area contributed by atoms with Crippen LogP contribution in [0.2, 0.25) is 0 Å². The number of nitrogens with one attached hydrogen (secondary N) is 1. The number of hydrogen-bond donors (Lipinski definition) is 1. The molecule has 1 amide bonds. The number of nitrogens with zero attached hydrogens (tertiary/aromatic N) is 4. The third kappa shape index (κ3) is 5.27. The number of rotatable bonds is 6. The molecule has 3 heterocycles. The van der Waals surface area contributed by atoms with Crippen LogP contribution in [0.5, 0.6) is 5.75 Å². The van der Waals surface area contributed by atoms with Crippen molar-refractivity contribution in [1.82, 2.24) is 19.4 Å². The lowest BCUT2D eigenvalue weighted by molar-refractivity contribution is -0.274. The van der Waals surface area contributed by atoms with Gasteiger partial charge in [-0.2, -0.15) is 0 Å². The summed E-state index contributed by atoms with van der Waals surface area (Å²) < 4.78 is 50.4. The van der Waals surface area contributed by atoms with Gasteiger partial charge in [-0.15, -0.1) is 13.2 Å². The number of fused-ring (bicyclic) bond motifs is 1. The quantitative estimate of drug-likeness (QED) is 0.369. The van der Waals surface area contributed by atoms with Gasteiger partial charge in [0.15, 0.2) is 5.75 Å². The molecule has 1 aliphatic carbocycles. The minimum atomic E-state index is -4.98. The molecule has 2 aromatic heterocycles. The van der Waals surface area contributed by atoms with E-state index in [4.69, 9.17) is 4.74 Å². The Kier molecular flexibility index (Phi) is 6.74. The Morgan fingerprint density at radius 1 is 1.10 bits per heavy atom. The molecule has 2 fully saturated rings. The van der Waals surface area contributed by atoms with Crippen LogP contribution in [0.1, 0.15) is 18.4 Å². The van der Waals surface area contributed by atoms with E-state index < -0.39 is 29.1 Å². The van der Waals surface area contributed by atoms with Crippen LogP contribution in [-0.2, 0) is 9.53 Å². The Morgan fingerprint density at radius 2 is 1.88 bits per heavy atom. The Hall–Kier alpha value is -4.29. The van der Waals surface area contributed by atoms with Gasteiger partial charge in [0.1, 0.15) is 11.9 Å². The molecule has 12 heteroatoms. The van der Waals surface area contributed by atoms with Crippen molar-refractivity contribution >= 4 is 22.5 Å². The Labute approximate surface area is 232 Å². The zero-order valence-electron chi connectivity index (χ0n) is 22.1. The molecule has 1 N–H and O–H groups in total. The van der Waals surface area contributed by atoms with Gasteiger partial charge < -0.3 is 14.8 Å². The van der Waals surface area contributed by atoms with Crippen molar-refractivity contribution in [2.24, 2.45) is 0 Å². The molecule has 0 spiro atoms. The average molecular weight is 566 g/mol. The number of halogens is 3. The highest BCUT2D eigenvalue weighted by atomic mass is 19.4. The number of morpholine rings is 1. The Bertz CT molecular complexity index is 1690. The number of carbonyl (C=O) groups excluding carboxylic acids is 1. The number of ether oxygens (including phenoxy) is 2. The molecular formula is C29H26F3N5O4. The third-order valence-electron chi connectivity index (χ3n) is 7.59. The predicted molar refractivity (Wildman–Crippen MR) is 145 cm³/mol. The minimum absolute atomic E-state index is 0.196. The molecule has 41 heavy (non-hydrogen) atoms. The highest BCUT2D eigenvalue weighted by Gasteiger charge is 2.54. The maximum absolute atomic E-state index is 13.5. The van der Waals surface area contributed by atoms with Gasteiger partial charge in [-0.1, -0.05) is 6.07 Å². The SMILES string of the molecule is Cc1ccncc1-c1ccc2c(=O)n(-c3ccc(OC(F)(F)F)c(NC(=O)C4(N5CCOCC5)CC4)c3)cnc2c1. The molecule has 4 aromatic rings. The zero-order valence-corrected chi connectivity index (χ0v) is 22.1.